The Labute approximate surface area is 121 Å². The average Bonchev–Trinajstić information content (AvgIpc) is 2.48. The van der Waals surface area contributed by atoms with Gasteiger partial charge in [0.25, 0.3) is 5.79 Å². The van der Waals surface area contributed by atoms with Crippen molar-refractivity contribution in [3.05, 3.63) is 59.7 Å². The van der Waals surface area contributed by atoms with Gasteiger partial charge in [-0.05, 0) is 48.6 Å². The summed E-state index contributed by atoms with van der Waals surface area (Å²) in [7, 11) is 0. The lowest BCUT2D eigenvalue weighted by atomic mass is 10.0. The standard InChI is InChI=1S/C17H12O4/c18-13-1-3-15-11(9-13)5-7-17(20-15)8-6-12-10-14(19)2-4-16(12)21-17/h1-10,18-19H. The Morgan fingerprint density at radius 1 is 0.714 bits per heavy atom. The van der Waals surface area contributed by atoms with Gasteiger partial charge < -0.3 is 19.7 Å². The van der Waals surface area contributed by atoms with E-state index in [0.717, 1.165) is 11.1 Å². The number of hydrogen-bond donors (Lipinski definition) is 2. The second-order valence-electron chi connectivity index (χ2n) is 5.04. The molecule has 104 valence electrons. The molecule has 0 bridgehead atoms. The summed E-state index contributed by atoms with van der Waals surface area (Å²) in [5, 5.41) is 19.0. The molecule has 0 amide bonds. The van der Waals surface area contributed by atoms with Crippen molar-refractivity contribution >= 4 is 12.2 Å². The Hall–Kier alpha value is -2.88. The number of phenolic OH excluding ortho intramolecular Hbond substituents is 2. The van der Waals surface area contributed by atoms with Crippen molar-refractivity contribution in [2.75, 3.05) is 0 Å². The SMILES string of the molecule is Oc1ccc2c(c1)C=CC1(C=Cc3cc(O)ccc3O1)O2. The highest BCUT2D eigenvalue weighted by Crippen LogP contribution is 2.39. The van der Waals surface area contributed by atoms with Crippen LogP contribution in [0.5, 0.6) is 23.0 Å². The molecule has 0 unspecified atom stereocenters. The van der Waals surface area contributed by atoms with Crippen molar-refractivity contribution in [1.82, 2.24) is 0 Å². The molecular formula is C17H12O4. The third kappa shape index (κ3) is 1.92. The van der Waals surface area contributed by atoms with E-state index in [9.17, 15) is 10.2 Å². The molecule has 4 heteroatoms. The van der Waals surface area contributed by atoms with Crippen molar-refractivity contribution in [1.29, 1.82) is 0 Å². The van der Waals surface area contributed by atoms with Gasteiger partial charge in [0.1, 0.15) is 23.0 Å². The fraction of sp³-hybridized carbons (Fsp3) is 0.0588. The van der Waals surface area contributed by atoms with E-state index < -0.39 is 5.79 Å². The maximum atomic E-state index is 9.49. The van der Waals surface area contributed by atoms with E-state index in [1.165, 1.54) is 0 Å². The van der Waals surface area contributed by atoms with E-state index in [4.69, 9.17) is 9.47 Å². The van der Waals surface area contributed by atoms with E-state index in [1.54, 1.807) is 48.6 Å². The monoisotopic (exact) mass is 280 g/mol. The molecule has 4 rings (SSSR count). The van der Waals surface area contributed by atoms with Gasteiger partial charge in [-0.1, -0.05) is 0 Å². The van der Waals surface area contributed by atoms with Gasteiger partial charge in [-0.25, -0.2) is 0 Å². The van der Waals surface area contributed by atoms with Gasteiger partial charge in [0.15, 0.2) is 0 Å². The Kier molecular flexibility index (Phi) is 2.30. The summed E-state index contributed by atoms with van der Waals surface area (Å²) in [5.41, 5.74) is 1.60. The molecule has 2 aromatic rings. The molecule has 2 heterocycles. The Balaban J connectivity index is 1.73. The third-order valence-electron chi connectivity index (χ3n) is 3.52. The molecule has 2 N–H and O–H groups in total. The summed E-state index contributed by atoms with van der Waals surface area (Å²) in [6, 6.07) is 9.84. The van der Waals surface area contributed by atoms with E-state index in [-0.39, 0.29) is 11.5 Å². The van der Waals surface area contributed by atoms with Crippen LogP contribution in [0, 0.1) is 0 Å². The van der Waals surface area contributed by atoms with Gasteiger partial charge in [-0.3, -0.25) is 0 Å². The van der Waals surface area contributed by atoms with Crippen molar-refractivity contribution in [2.24, 2.45) is 0 Å². The molecule has 1 spiro atoms. The highest BCUT2D eigenvalue weighted by molar-refractivity contribution is 5.68. The van der Waals surface area contributed by atoms with Gasteiger partial charge in [-0.2, -0.15) is 0 Å². The molecule has 0 fully saturated rings. The lowest BCUT2D eigenvalue weighted by Crippen LogP contribution is -2.41. The topological polar surface area (TPSA) is 58.9 Å². The first-order valence-corrected chi connectivity index (χ1v) is 6.56. The number of ether oxygens (including phenoxy) is 2. The number of fused-ring (bicyclic) bond motifs is 2. The maximum Gasteiger partial charge on any atom is 0.291 e. The van der Waals surface area contributed by atoms with Crippen LogP contribution in [0.1, 0.15) is 11.1 Å². The number of hydrogen-bond acceptors (Lipinski definition) is 4. The maximum absolute atomic E-state index is 9.49. The predicted octanol–water partition coefficient (Wildman–Crippen LogP) is 3.31. The Morgan fingerprint density at radius 3 is 1.67 bits per heavy atom. The largest absolute Gasteiger partial charge is 0.508 e. The highest BCUT2D eigenvalue weighted by atomic mass is 16.7. The van der Waals surface area contributed by atoms with Crippen molar-refractivity contribution in [3.8, 4) is 23.0 Å². The van der Waals surface area contributed by atoms with Crippen LogP contribution in [-0.2, 0) is 0 Å². The van der Waals surface area contributed by atoms with Crippen LogP contribution in [0.15, 0.2) is 48.6 Å². The first kappa shape index (κ1) is 11.9. The highest BCUT2D eigenvalue weighted by Gasteiger charge is 2.35. The molecule has 4 nitrogen and oxygen atoms in total. The second kappa shape index (κ2) is 4.06. The molecular weight excluding hydrogens is 268 g/mol. The molecule has 0 atom stereocenters. The normalized spacial score (nSPS) is 16.8. The van der Waals surface area contributed by atoms with Crippen LogP contribution in [0.25, 0.3) is 12.2 Å². The first-order chi connectivity index (χ1) is 10.1. The minimum absolute atomic E-state index is 0.193. The second-order valence-corrected chi connectivity index (χ2v) is 5.04. The number of rotatable bonds is 0. The molecule has 2 aliphatic rings. The molecule has 0 aliphatic carbocycles. The van der Waals surface area contributed by atoms with Gasteiger partial charge >= 0.3 is 0 Å². The molecule has 0 radical (unpaired) electrons. The van der Waals surface area contributed by atoms with Crippen molar-refractivity contribution in [2.45, 2.75) is 5.79 Å². The zero-order valence-corrected chi connectivity index (χ0v) is 11.0. The summed E-state index contributed by atoms with van der Waals surface area (Å²) in [5.74, 6) is 0.676. The average molecular weight is 280 g/mol. The van der Waals surface area contributed by atoms with Crippen LogP contribution in [0.3, 0.4) is 0 Å². The van der Waals surface area contributed by atoms with Crippen LogP contribution in [0.4, 0.5) is 0 Å². The minimum atomic E-state index is -0.992. The summed E-state index contributed by atoms with van der Waals surface area (Å²) >= 11 is 0. The third-order valence-corrected chi connectivity index (χ3v) is 3.52. The summed E-state index contributed by atoms with van der Waals surface area (Å²) in [6.07, 6.45) is 7.30. The van der Waals surface area contributed by atoms with E-state index >= 15 is 0 Å². The van der Waals surface area contributed by atoms with Crippen molar-refractivity contribution in [3.63, 3.8) is 0 Å². The van der Waals surface area contributed by atoms with Gasteiger partial charge in [0, 0.05) is 23.3 Å². The lowest BCUT2D eigenvalue weighted by molar-refractivity contribution is -0.0308. The molecule has 2 aromatic carbocycles. The van der Waals surface area contributed by atoms with Gasteiger partial charge in [0.2, 0.25) is 0 Å². The Bertz CT molecular complexity index is 722. The van der Waals surface area contributed by atoms with Crippen LogP contribution >= 0.6 is 0 Å². The molecule has 2 aliphatic heterocycles. The smallest absolute Gasteiger partial charge is 0.291 e. The minimum Gasteiger partial charge on any atom is -0.508 e. The number of benzene rings is 2. The fourth-order valence-corrected chi connectivity index (χ4v) is 2.49. The summed E-state index contributed by atoms with van der Waals surface area (Å²) in [6.45, 7) is 0. The first-order valence-electron chi connectivity index (χ1n) is 6.56. The Morgan fingerprint density at radius 2 is 1.19 bits per heavy atom. The van der Waals surface area contributed by atoms with Crippen molar-refractivity contribution < 1.29 is 19.7 Å². The van der Waals surface area contributed by atoms with E-state index in [2.05, 4.69) is 0 Å². The van der Waals surface area contributed by atoms with E-state index in [0.29, 0.717) is 11.5 Å². The lowest BCUT2D eigenvalue weighted by Gasteiger charge is -2.35. The van der Waals surface area contributed by atoms with Gasteiger partial charge in [0.05, 0.1) is 0 Å². The summed E-state index contributed by atoms with van der Waals surface area (Å²) in [4.78, 5) is 0. The van der Waals surface area contributed by atoms with Crippen LogP contribution < -0.4 is 9.47 Å². The molecule has 0 aromatic heterocycles. The predicted molar refractivity (Wildman–Crippen MR) is 78.3 cm³/mol. The molecule has 0 saturated carbocycles. The fourth-order valence-electron chi connectivity index (χ4n) is 2.49. The quantitative estimate of drug-likeness (QED) is 0.777. The number of aromatic hydroxyl groups is 2. The summed E-state index contributed by atoms with van der Waals surface area (Å²) < 4.78 is 11.9. The molecule has 21 heavy (non-hydrogen) atoms. The zero-order chi connectivity index (χ0) is 14.4. The number of phenols is 2. The molecule has 0 saturated heterocycles. The zero-order valence-electron chi connectivity index (χ0n) is 11.0. The van der Waals surface area contributed by atoms with Crippen LogP contribution in [-0.4, -0.2) is 16.0 Å². The van der Waals surface area contributed by atoms with E-state index in [1.807, 2.05) is 12.2 Å². The van der Waals surface area contributed by atoms with Gasteiger partial charge in [-0.15, -0.1) is 0 Å². The van der Waals surface area contributed by atoms with Crippen LogP contribution in [0.2, 0.25) is 0 Å².